The molecule has 0 bridgehead atoms. The van der Waals surface area contributed by atoms with E-state index in [4.69, 9.17) is 17.0 Å². The van der Waals surface area contributed by atoms with Crippen LogP contribution < -0.4 is 10.2 Å². The summed E-state index contributed by atoms with van der Waals surface area (Å²) in [5.74, 6) is 0.796. The van der Waals surface area contributed by atoms with Crippen molar-refractivity contribution in [2.45, 2.75) is 6.92 Å². The molecule has 1 aromatic carbocycles. The van der Waals surface area contributed by atoms with Crippen LogP contribution in [-0.4, -0.2) is 16.7 Å². The molecule has 1 heterocycles. The van der Waals surface area contributed by atoms with Crippen LogP contribution in [-0.2, 0) is 0 Å². The first-order valence-electron chi connectivity index (χ1n) is 4.74. The lowest BCUT2D eigenvalue weighted by Gasteiger charge is -2.17. The Morgan fingerprint density at radius 1 is 1.47 bits per heavy atom. The lowest BCUT2D eigenvalue weighted by Crippen LogP contribution is -2.36. The number of benzene rings is 1. The van der Waals surface area contributed by atoms with E-state index in [1.54, 1.807) is 5.01 Å². The molecule has 1 N–H and O–H groups in total. The van der Waals surface area contributed by atoms with Gasteiger partial charge in [-0.05, 0) is 30.8 Å². The highest BCUT2D eigenvalue weighted by atomic mass is 32.1. The molecule has 0 unspecified atom stereocenters. The van der Waals surface area contributed by atoms with Crippen molar-refractivity contribution in [2.24, 2.45) is 0 Å². The maximum Gasteiger partial charge on any atom is 0.283 e. The fourth-order valence-electron chi connectivity index (χ4n) is 1.30. The summed E-state index contributed by atoms with van der Waals surface area (Å²) in [6.07, 6.45) is 3.84. The zero-order valence-corrected chi connectivity index (χ0v) is 9.25. The highest BCUT2D eigenvalue weighted by Crippen LogP contribution is 2.17. The van der Waals surface area contributed by atoms with Crippen molar-refractivity contribution < 1.29 is 4.74 Å². The summed E-state index contributed by atoms with van der Waals surface area (Å²) < 4.78 is 5.57. The second-order valence-electron chi connectivity index (χ2n) is 3.25. The van der Waals surface area contributed by atoms with Gasteiger partial charge < -0.3 is 4.74 Å². The van der Waals surface area contributed by atoms with Gasteiger partial charge in [0, 0.05) is 12.7 Å². The van der Waals surface area contributed by atoms with E-state index in [-0.39, 0.29) is 0 Å². The third-order valence-electron chi connectivity index (χ3n) is 2.12. The average molecular weight is 220 g/mol. The van der Waals surface area contributed by atoms with E-state index >= 15 is 0 Å². The number of aryl methyl sites for hydroxylation is 1. The van der Waals surface area contributed by atoms with Crippen LogP contribution in [0.4, 0.5) is 0 Å². The topological polar surface area (TPSA) is 24.5 Å². The van der Waals surface area contributed by atoms with E-state index < -0.39 is 0 Å². The minimum atomic E-state index is 0.415. The minimum absolute atomic E-state index is 0.415. The van der Waals surface area contributed by atoms with E-state index in [1.165, 1.54) is 0 Å². The summed E-state index contributed by atoms with van der Waals surface area (Å²) in [6, 6.07) is 7.80. The van der Waals surface area contributed by atoms with E-state index in [0.29, 0.717) is 5.17 Å². The third-order valence-corrected chi connectivity index (χ3v) is 2.40. The zero-order valence-electron chi connectivity index (χ0n) is 8.43. The lowest BCUT2D eigenvalue weighted by molar-refractivity contribution is 0.378. The molecule has 1 aliphatic rings. The summed E-state index contributed by atoms with van der Waals surface area (Å²) in [4.78, 5) is 0. The molecule has 0 fully saturated rings. The van der Waals surface area contributed by atoms with Crippen molar-refractivity contribution >= 4 is 17.4 Å². The number of ether oxygens (including phenoxy) is 1. The maximum atomic E-state index is 5.57. The first kappa shape index (κ1) is 10.1. The summed E-state index contributed by atoms with van der Waals surface area (Å²) >= 11 is 5.15. The Labute approximate surface area is 94.3 Å². The highest BCUT2D eigenvalue weighted by molar-refractivity contribution is 7.80. The Hall–Kier alpha value is -1.39. The molecule has 0 aliphatic carbocycles. The smallest absolute Gasteiger partial charge is 0.283 e. The normalized spacial score (nSPS) is 14.3. The average Bonchev–Trinajstić information content (AvgIpc) is 2.74. The van der Waals surface area contributed by atoms with Crippen molar-refractivity contribution in [3.8, 4) is 5.75 Å². The monoisotopic (exact) mass is 220 g/mol. The van der Waals surface area contributed by atoms with E-state index in [2.05, 4.69) is 5.43 Å². The molecule has 78 valence electrons. The van der Waals surface area contributed by atoms with Gasteiger partial charge in [0.25, 0.3) is 5.17 Å². The minimum Gasteiger partial charge on any atom is -0.430 e. The number of hydrazine groups is 1. The predicted octanol–water partition coefficient (Wildman–Crippen LogP) is 1.99. The SMILES string of the molecule is Cc1ccccc1OC(=S)N1C=CCN1. The molecule has 0 spiro atoms. The molecular weight excluding hydrogens is 208 g/mol. The molecule has 0 radical (unpaired) electrons. The Bertz CT molecular complexity index is 403. The van der Waals surface area contributed by atoms with E-state index in [9.17, 15) is 0 Å². The Morgan fingerprint density at radius 3 is 2.93 bits per heavy atom. The molecule has 1 aliphatic heterocycles. The van der Waals surface area contributed by atoms with Crippen LogP contribution in [0.25, 0.3) is 0 Å². The zero-order chi connectivity index (χ0) is 10.7. The number of thiocarbonyl (C=S) groups is 1. The summed E-state index contributed by atoms with van der Waals surface area (Å²) in [6.45, 7) is 2.78. The quantitative estimate of drug-likeness (QED) is 0.732. The summed E-state index contributed by atoms with van der Waals surface area (Å²) in [7, 11) is 0. The van der Waals surface area contributed by atoms with Gasteiger partial charge in [-0.15, -0.1) is 0 Å². The summed E-state index contributed by atoms with van der Waals surface area (Å²) in [5, 5.41) is 2.11. The second-order valence-corrected chi connectivity index (χ2v) is 3.60. The Kier molecular flexibility index (Phi) is 2.99. The fourth-order valence-corrected chi connectivity index (χ4v) is 1.52. The first-order chi connectivity index (χ1) is 7.27. The predicted molar refractivity (Wildman–Crippen MR) is 63.4 cm³/mol. The maximum absolute atomic E-state index is 5.57. The van der Waals surface area contributed by atoms with Gasteiger partial charge in [0.2, 0.25) is 0 Å². The van der Waals surface area contributed by atoms with Crippen molar-refractivity contribution in [1.29, 1.82) is 0 Å². The molecule has 0 saturated heterocycles. The van der Waals surface area contributed by atoms with Crippen LogP contribution in [0.15, 0.2) is 36.5 Å². The fraction of sp³-hybridized carbons (Fsp3) is 0.182. The number of rotatable bonds is 1. The van der Waals surface area contributed by atoms with Gasteiger partial charge in [-0.2, -0.15) is 0 Å². The van der Waals surface area contributed by atoms with Gasteiger partial charge in [-0.25, -0.2) is 10.4 Å². The molecule has 0 saturated carbocycles. The van der Waals surface area contributed by atoms with E-state index in [0.717, 1.165) is 17.9 Å². The van der Waals surface area contributed by atoms with Crippen molar-refractivity contribution in [2.75, 3.05) is 6.54 Å². The van der Waals surface area contributed by atoms with Crippen LogP contribution in [0.2, 0.25) is 0 Å². The molecule has 1 aromatic rings. The largest absolute Gasteiger partial charge is 0.430 e. The number of nitrogens with zero attached hydrogens (tertiary/aromatic N) is 1. The van der Waals surface area contributed by atoms with Gasteiger partial charge in [0.1, 0.15) is 5.75 Å². The lowest BCUT2D eigenvalue weighted by atomic mass is 10.2. The second kappa shape index (κ2) is 4.42. The van der Waals surface area contributed by atoms with Crippen LogP contribution in [0.3, 0.4) is 0 Å². The molecular formula is C11H12N2OS. The Balaban J connectivity index is 2.05. The molecule has 15 heavy (non-hydrogen) atoms. The van der Waals surface area contributed by atoms with Gasteiger partial charge in [-0.1, -0.05) is 24.3 Å². The molecule has 2 rings (SSSR count). The number of hydrogen-bond donors (Lipinski definition) is 1. The molecule has 4 heteroatoms. The number of para-hydroxylation sites is 1. The third kappa shape index (κ3) is 2.34. The van der Waals surface area contributed by atoms with E-state index in [1.807, 2.05) is 43.5 Å². The van der Waals surface area contributed by atoms with Crippen LogP contribution in [0.5, 0.6) is 5.75 Å². The van der Waals surface area contributed by atoms with Crippen LogP contribution in [0.1, 0.15) is 5.56 Å². The van der Waals surface area contributed by atoms with Gasteiger partial charge in [0.15, 0.2) is 0 Å². The molecule has 3 nitrogen and oxygen atoms in total. The van der Waals surface area contributed by atoms with Crippen molar-refractivity contribution in [3.63, 3.8) is 0 Å². The van der Waals surface area contributed by atoms with Gasteiger partial charge in [0.05, 0.1) is 0 Å². The van der Waals surface area contributed by atoms with Gasteiger partial charge in [-0.3, -0.25) is 0 Å². The molecule has 0 aromatic heterocycles. The van der Waals surface area contributed by atoms with Gasteiger partial charge >= 0.3 is 0 Å². The number of nitrogens with one attached hydrogen (secondary N) is 1. The van der Waals surface area contributed by atoms with Crippen LogP contribution >= 0.6 is 12.2 Å². The van der Waals surface area contributed by atoms with Crippen molar-refractivity contribution in [3.05, 3.63) is 42.1 Å². The number of hydrogen-bond acceptors (Lipinski definition) is 3. The molecule has 0 amide bonds. The Morgan fingerprint density at radius 2 is 2.27 bits per heavy atom. The summed E-state index contributed by atoms with van der Waals surface area (Å²) in [5.41, 5.74) is 4.12. The molecule has 0 atom stereocenters. The standard InChI is InChI=1S/C11H12N2OS/c1-9-5-2-3-6-10(9)14-11(15)13-8-4-7-12-13/h2-6,8,12H,7H2,1H3. The first-order valence-corrected chi connectivity index (χ1v) is 5.15. The van der Waals surface area contributed by atoms with Crippen LogP contribution in [0, 0.1) is 6.92 Å². The van der Waals surface area contributed by atoms with Crippen molar-refractivity contribution in [1.82, 2.24) is 10.4 Å². The highest BCUT2D eigenvalue weighted by Gasteiger charge is 2.11.